The van der Waals surface area contributed by atoms with E-state index in [-0.39, 0.29) is 0 Å². The molecule has 0 spiro atoms. The molecule has 56 heavy (non-hydrogen) atoms. The van der Waals surface area contributed by atoms with Gasteiger partial charge < -0.3 is 0 Å². The maximum Gasteiger partial charge on any atom is -0.000718 e. The van der Waals surface area contributed by atoms with Crippen molar-refractivity contribution in [3.05, 3.63) is 206 Å². The van der Waals surface area contributed by atoms with Crippen molar-refractivity contribution in [1.82, 2.24) is 0 Å². The first-order valence-corrected chi connectivity index (χ1v) is 19.5. The maximum absolute atomic E-state index is 2.40. The zero-order chi connectivity index (χ0) is 36.7. The van der Waals surface area contributed by atoms with E-state index < -0.39 is 0 Å². The summed E-state index contributed by atoms with van der Waals surface area (Å²) in [5.41, 5.74) is 15.4. The van der Waals surface area contributed by atoms with E-state index in [0.29, 0.717) is 0 Å². The Morgan fingerprint density at radius 1 is 0.179 bits per heavy atom. The second-order valence-electron chi connectivity index (χ2n) is 15.1. The lowest BCUT2D eigenvalue weighted by Gasteiger charge is -2.22. The summed E-state index contributed by atoms with van der Waals surface area (Å²) in [6.45, 7) is 0. The van der Waals surface area contributed by atoms with E-state index in [2.05, 4.69) is 206 Å². The first kappa shape index (κ1) is 31.1. The van der Waals surface area contributed by atoms with Crippen LogP contribution in [-0.2, 0) is 0 Å². The number of fused-ring (bicyclic) bond motifs is 7. The normalized spacial score (nSPS) is 11.9. The molecule has 1 aliphatic rings. The Balaban J connectivity index is 1.16. The molecule has 0 atom stereocenters. The average Bonchev–Trinajstić information content (AvgIpc) is 3.60. The van der Waals surface area contributed by atoms with Crippen LogP contribution in [0.5, 0.6) is 0 Å². The van der Waals surface area contributed by atoms with E-state index in [4.69, 9.17) is 0 Å². The molecular formula is C56H34. The van der Waals surface area contributed by atoms with Gasteiger partial charge in [0.05, 0.1) is 0 Å². The smallest absolute Gasteiger partial charge is 0.000718 e. The van der Waals surface area contributed by atoms with Crippen LogP contribution in [0.3, 0.4) is 0 Å². The fraction of sp³-hybridized carbons (Fsp3) is 0. The van der Waals surface area contributed by atoms with Gasteiger partial charge in [-0.2, -0.15) is 0 Å². The first-order chi connectivity index (χ1) is 27.8. The van der Waals surface area contributed by atoms with Gasteiger partial charge in [-0.15, -0.1) is 0 Å². The molecule has 11 aromatic rings. The van der Waals surface area contributed by atoms with Crippen LogP contribution in [0.25, 0.3) is 121 Å². The van der Waals surface area contributed by atoms with Gasteiger partial charge in [-0.1, -0.05) is 206 Å². The Labute approximate surface area is 325 Å². The van der Waals surface area contributed by atoms with E-state index in [1.807, 2.05) is 0 Å². The largest absolute Gasteiger partial charge is 0.0616 e. The van der Waals surface area contributed by atoms with E-state index in [1.54, 1.807) is 0 Å². The lowest BCUT2D eigenvalue weighted by molar-refractivity contribution is 1.63. The molecule has 0 N–H and O–H groups in total. The molecule has 11 aromatic carbocycles. The molecule has 0 amide bonds. The quantitative estimate of drug-likeness (QED) is 0.171. The molecule has 0 bridgehead atoms. The van der Waals surface area contributed by atoms with Gasteiger partial charge in [-0.25, -0.2) is 0 Å². The lowest BCUT2D eigenvalue weighted by Crippen LogP contribution is -1.94. The second-order valence-corrected chi connectivity index (χ2v) is 15.1. The molecule has 0 heteroatoms. The number of hydrogen-bond donors (Lipinski definition) is 0. The molecular weight excluding hydrogens is 673 g/mol. The minimum atomic E-state index is 1.22. The predicted molar refractivity (Wildman–Crippen MR) is 240 cm³/mol. The van der Waals surface area contributed by atoms with Crippen LogP contribution < -0.4 is 0 Å². The van der Waals surface area contributed by atoms with Gasteiger partial charge in [0.2, 0.25) is 0 Å². The third-order valence-corrected chi connectivity index (χ3v) is 12.2. The summed E-state index contributed by atoms with van der Waals surface area (Å²) < 4.78 is 0. The molecule has 0 fully saturated rings. The van der Waals surface area contributed by atoms with Crippen LogP contribution >= 0.6 is 0 Å². The summed E-state index contributed by atoms with van der Waals surface area (Å²) in [5.74, 6) is 0. The van der Waals surface area contributed by atoms with Crippen molar-refractivity contribution < 1.29 is 0 Å². The molecule has 258 valence electrons. The highest BCUT2D eigenvalue weighted by Crippen LogP contribution is 2.59. The third kappa shape index (κ3) is 4.48. The maximum atomic E-state index is 2.40. The van der Waals surface area contributed by atoms with Crippen molar-refractivity contribution in [3.8, 4) is 66.8 Å². The van der Waals surface area contributed by atoms with Crippen LogP contribution in [0.15, 0.2) is 206 Å². The zero-order valence-corrected chi connectivity index (χ0v) is 30.6. The molecule has 0 aliphatic heterocycles. The zero-order valence-electron chi connectivity index (χ0n) is 30.6. The molecule has 0 unspecified atom stereocenters. The van der Waals surface area contributed by atoms with Crippen molar-refractivity contribution in [2.45, 2.75) is 0 Å². The third-order valence-electron chi connectivity index (χ3n) is 12.2. The minimum absolute atomic E-state index is 1.22. The average molecular weight is 707 g/mol. The highest BCUT2D eigenvalue weighted by molar-refractivity contribution is 6.30. The summed E-state index contributed by atoms with van der Waals surface area (Å²) in [5, 5.41) is 12.8. The standard InChI is InChI=1S/C56H34/c1-4-19-40-35(13-1)16-9-24-41(40)38-29-31-39(32-30-38)44-33-34-51-52-45(44)27-12-28-50(52)55-53(46-25-10-17-36-14-2-5-20-42(36)46)48-22-7-8-23-49(48)54(56(51)55)47-26-11-18-37-15-3-6-21-43(37)47/h1-34H. The van der Waals surface area contributed by atoms with Crippen molar-refractivity contribution in [1.29, 1.82) is 0 Å². The summed E-state index contributed by atoms with van der Waals surface area (Å²) in [6.07, 6.45) is 0. The fourth-order valence-corrected chi connectivity index (χ4v) is 9.81. The molecule has 0 heterocycles. The predicted octanol–water partition coefficient (Wildman–Crippen LogP) is 15.8. The summed E-state index contributed by atoms with van der Waals surface area (Å²) in [4.78, 5) is 0. The van der Waals surface area contributed by atoms with Gasteiger partial charge >= 0.3 is 0 Å². The summed E-state index contributed by atoms with van der Waals surface area (Å²) in [7, 11) is 0. The van der Waals surface area contributed by atoms with Crippen molar-refractivity contribution in [3.63, 3.8) is 0 Å². The van der Waals surface area contributed by atoms with Gasteiger partial charge in [-0.3, -0.25) is 0 Å². The van der Waals surface area contributed by atoms with Gasteiger partial charge in [-0.05, 0) is 121 Å². The highest BCUT2D eigenvalue weighted by atomic mass is 14.3. The monoisotopic (exact) mass is 706 g/mol. The second kappa shape index (κ2) is 12.1. The Bertz CT molecular complexity index is 3250. The molecule has 0 saturated carbocycles. The first-order valence-electron chi connectivity index (χ1n) is 19.5. The number of rotatable bonds is 4. The van der Waals surface area contributed by atoms with Crippen LogP contribution in [0.2, 0.25) is 0 Å². The fourth-order valence-electron chi connectivity index (χ4n) is 9.81. The lowest BCUT2D eigenvalue weighted by atomic mass is 9.81. The Hall–Kier alpha value is -7.28. The van der Waals surface area contributed by atoms with Crippen molar-refractivity contribution in [2.75, 3.05) is 0 Å². The van der Waals surface area contributed by atoms with Crippen LogP contribution in [0.4, 0.5) is 0 Å². The molecule has 0 nitrogen and oxygen atoms in total. The Kier molecular flexibility index (Phi) is 6.73. The van der Waals surface area contributed by atoms with Gasteiger partial charge in [0.25, 0.3) is 0 Å². The van der Waals surface area contributed by atoms with Crippen molar-refractivity contribution in [2.24, 2.45) is 0 Å². The number of hydrogen-bond acceptors (Lipinski definition) is 0. The summed E-state index contributed by atoms with van der Waals surface area (Å²) in [6, 6.07) is 76.5. The van der Waals surface area contributed by atoms with Crippen molar-refractivity contribution >= 4 is 53.9 Å². The van der Waals surface area contributed by atoms with Gasteiger partial charge in [0, 0.05) is 0 Å². The van der Waals surface area contributed by atoms with E-state index in [0.717, 1.165) is 0 Å². The van der Waals surface area contributed by atoms with E-state index >= 15 is 0 Å². The van der Waals surface area contributed by atoms with E-state index in [9.17, 15) is 0 Å². The molecule has 0 radical (unpaired) electrons. The van der Waals surface area contributed by atoms with Gasteiger partial charge in [0.15, 0.2) is 0 Å². The SMILES string of the molecule is c1ccc2c(-c3ccc(-c4ccc5c6c(cccc46)-c4c-5c(-c5cccc6ccccc56)c5ccccc5c4-c4cccc5ccccc45)cc3)cccc2c1. The highest BCUT2D eigenvalue weighted by Gasteiger charge is 2.32. The Morgan fingerprint density at radius 3 is 1.02 bits per heavy atom. The molecule has 12 rings (SSSR count). The molecule has 1 aliphatic carbocycles. The molecule has 0 aromatic heterocycles. The van der Waals surface area contributed by atoms with Crippen LogP contribution in [0, 0.1) is 0 Å². The van der Waals surface area contributed by atoms with E-state index in [1.165, 1.54) is 121 Å². The summed E-state index contributed by atoms with van der Waals surface area (Å²) >= 11 is 0. The van der Waals surface area contributed by atoms with Crippen LogP contribution in [0.1, 0.15) is 0 Å². The number of benzene rings is 11. The topological polar surface area (TPSA) is 0 Å². The van der Waals surface area contributed by atoms with Gasteiger partial charge in [0.1, 0.15) is 0 Å². The Morgan fingerprint density at radius 2 is 0.500 bits per heavy atom. The minimum Gasteiger partial charge on any atom is -0.0616 e. The molecule has 0 saturated heterocycles. The van der Waals surface area contributed by atoms with Crippen LogP contribution in [-0.4, -0.2) is 0 Å².